The van der Waals surface area contributed by atoms with Gasteiger partial charge < -0.3 is 10.6 Å². The minimum absolute atomic E-state index is 0.0308. The Morgan fingerprint density at radius 3 is 2.62 bits per heavy atom. The van der Waals surface area contributed by atoms with Crippen LogP contribution in [-0.4, -0.2) is 31.8 Å². The van der Waals surface area contributed by atoms with Crippen LogP contribution < -0.4 is 16.2 Å². The zero-order valence-electron chi connectivity index (χ0n) is 17.5. The Morgan fingerprint density at radius 2 is 1.91 bits per heavy atom. The minimum atomic E-state index is -0.569. The summed E-state index contributed by atoms with van der Waals surface area (Å²) >= 11 is 0. The zero-order valence-corrected chi connectivity index (χ0v) is 17.5. The first kappa shape index (κ1) is 21.4. The van der Waals surface area contributed by atoms with Crippen molar-refractivity contribution in [2.45, 2.75) is 39.0 Å². The highest BCUT2D eigenvalue weighted by molar-refractivity contribution is 6.05. The summed E-state index contributed by atoms with van der Waals surface area (Å²) in [5, 5.41) is 15.7. The van der Waals surface area contributed by atoms with Crippen LogP contribution in [0.1, 0.15) is 48.2 Å². The quantitative estimate of drug-likeness (QED) is 0.565. The van der Waals surface area contributed by atoms with Gasteiger partial charge in [-0.25, -0.2) is 14.2 Å². The molecule has 4 rings (SSSR count). The van der Waals surface area contributed by atoms with E-state index in [1.807, 2.05) is 0 Å². The van der Waals surface area contributed by atoms with Crippen molar-refractivity contribution in [1.82, 2.24) is 20.0 Å². The van der Waals surface area contributed by atoms with Crippen molar-refractivity contribution in [2.24, 2.45) is 5.92 Å². The predicted molar refractivity (Wildman–Crippen MR) is 116 cm³/mol. The summed E-state index contributed by atoms with van der Waals surface area (Å²) in [5.41, 5.74) is 0.817. The molecule has 2 amide bonds. The van der Waals surface area contributed by atoms with Gasteiger partial charge in [-0.15, -0.1) is 0 Å². The van der Waals surface area contributed by atoms with Crippen LogP contribution in [0.4, 0.5) is 15.8 Å². The lowest BCUT2D eigenvalue weighted by Gasteiger charge is -2.21. The summed E-state index contributed by atoms with van der Waals surface area (Å²) in [7, 11) is 0. The van der Waals surface area contributed by atoms with E-state index in [0.717, 1.165) is 32.1 Å². The molecule has 2 heterocycles. The number of hydrogen-bond acceptors (Lipinski definition) is 5. The fraction of sp³-hybridized carbons (Fsp3) is 0.318. The molecule has 0 aliphatic heterocycles. The van der Waals surface area contributed by atoms with Crippen molar-refractivity contribution >= 4 is 23.2 Å². The largest absolute Gasteiger partial charge is 0.323 e. The molecule has 1 aromatic carbocycles. The molecule has 9 nitrogen and oxygen atoms in total. The summed E-state index contributed by atoms with van der Waals surface area (Å²) in [5.74, 6) is -0.973. The van der Waals surface area contributed by atoms with Crippen LogP contribution in [-0.2, 0) is 4.79 Å². The van der Waals surface area contributed by atoms with Gasteiger partial charge in [0.1, 0.15) is 5.82 Å². The van der Waals surface area contributed by atoms with Gasteiger partial charge in [0.2, 0.25) is 5.91 Å². The Morgan fingerprint density at radius 1 is 1.12 bits per heavy atom. The number of benzene rings is 1. The van der Waals surface area contributed by atoms with Gasteiger partial charge in [0.15, 0.2) is 5.82 Å². The van der Waals surface area contributed by atoms with E-state index in [1.165, 1.54) is 41.2 Å². The number of H-pyrrole nitrogens is 1. The number of carbonyl (C=O) groups is 2. The third-order valence-corrected chi connectivity index (χ3v) is 5.59. The number of anilines is 2. The normalized spacial score (nSPS) is 14.2. The molecule has 166 valence electrons. The standard InChI is InChI=1S/C22H23FN6O3/c1-13-16(12-24-29(13)19-9-10-20(30)28-27-19)22(32)25-15-7-8-17(23)18(11-15)26-21(31)14-5-3-2-4-6-14/h7-12,14H,2-6H2,1H3,(H,25,32)(H,26,31)(H,28,30). The van der Waals surface area contributed by atoms with Crippen LogP contribution >= 0.6 is 0 Å². The molecule has 1 aliphatic rings. The molecule has 0 unspecified atom stereocenters. The SMILES string of the molecule is Cc1c(C(=O)Nc2ccc(F)c(NC(=O)C3CCCCC3)c2)cnn1-c1ccc(=O)[nH]n1. The third-order valence-electron chi connectivity index (χ3n) is 5.59. The highest BCUT2D eigenvalue weighted by atomic mass is 19.1. The number of halogens is 1. The van der Waals surface area contributed by atoms with Gasteiger partial charge in [-0.3, -0.25) is 14.4 Å². The van der Waals surface area contributed by atoms with E-state index >= 15 is 0 Å². The number of hydrogen-bond donors (Lipinski definition) is 3. The Balaban J connectivity index is 1.49. The van der Waals surface area contributed by atoms with Crippen molar-refractivity contribution in [2.75, 3.05) is 10.6 Å². The lowest BCUT2D eigenvalue weighted by molar-refractivity contribution is -0.120. The van der Waals surface area contributed by atoms with Crippen molar-refractivity contribution in [3.63, 3.8) is 0 Å². The number of rotatable bonds is 5. The van der Waals surface area contributed by atoms with Crippen LogP contribution in [0, 0.1) is 18.7 Å². The van der Waals surface area contributed by atoms with E-state index in [2.05, 4.69) is 25.9 Å². The maximum atomic E-state index is 14.3. The Labute approximate surface area is 183 Å². The Kier molecular flexibility index (Phi) is 6.11. The van der Waals surface area contributed by atoms with Crippen LogP contribution in [0.25, 0.3) is 5.82 Å². The number of nitrogens with zero attached hydrogens (tertiary/aromatic N) is 3. The molecule has 10 heteroatoms. The van der Waals surface area contributed by atoms with Crippen molar-refractivity contribution in [3.8, 4) is 5.82 Å². The second kappa shape index (κ2) is 9.13. The molecule has 0 bridgehead atoms. The number of nitrogens with one attached hydrogen (secondary N) is 3. The van der Waals surface area contributed by atoms with E-state index in [9.17, 15) is 18.8 Å². The number of carbonyl (C=O) groups excluding carboxylic acids is 2. The van der Waals surface area contributed by atoms with Gasteiger partial charge in [-0.1, -0.05) is 19.3 Å². The van der Waals surface area contributed by atoms with E-state index < -0.39 is 11.7 Å². The zero-order chi connectivity index (χ0) is 22.7. The maximum Gasteiger partial charge on any atom is 0.264 e. The summed E-state index contributed by atoms with van der Waals surface area (Å²) in [6.45, 7) is 1.69. The highest BCUT2D eigenvalue weighted by Gasteiger charge is 2.22. The van der Waals surface area contributed by atoms with Crippen LogP contribution in [0.3, 0.4) is 0 Å². The first-order chi connectivity index (χ1) is 15.4. The van der Waals surface area contributed by atoms with Crippen LogP contribution in [0.2, 0.25) is 0 Å². The molecular weight excluding hydrogens is 415 g/mol. The molecule has 2 aromatic heterocycles. The molecule has 32 heavy (non-hydrogen) atoms. The molecule has 1 saturated carbocycles. The van der Waals surface area contributed by atoms with E-state index in [1.54, 1.807) is 6.92 Å². The number of aromatic amines is 1. The Hall–Kier alpha value is -3.82. The first-order valence-electron chi connectivity index (χ1n) is 10.4. The van der Waals surface area contributed by atoms with Crippen LogP contribution in [0.15, 0.2) is 41.3 Å². The predicted octanol–water partition coefficient (Wildman–Crippen LogP) is 3.17. The molecule has 3 aromatic rings. The summed E-state index contributed by atoms with van der Waals surface area (Å²) in [6, 6.07) is 6.82. The van der Waals surface area contributed by atoms with Crippen molar-refractivity contribution in [3.05, 3.63) is 64.0 Å². The second-order valence-electron chi connectivity index (χ2n) is 7.81. The van der Waals surface area contributed by atoms with Gasteiger partial charge in [0, 0.05) is 17.7 Å². The fourth-order valence-corrected chi connectivity index (χ4v) is 3.82. The van der Waals surface area contributed by atoms with Crippen molar-refractivity contribution in [1.29, 1.82) is 0 Å². The lowest BCUT2D eigenvalue weighted by atomic mass is 9.88. The monoisotopic (exact) mass is 438 g/mol. The molecule has 0 saturated heterocycles. The smallest absolute Gasteiger partial charge is 0.264 e. The van der Waals surface area contributed by atoms with Gasteiger partial charge in [0.05, 0.1) is 23.1 Å². The molecule has 1 fully saturated rings. The molecule has 3 N–H and O–H groups in total. The lowest BCUT2D eigenvalue weighted by Crippen LogP contribution is -2.25. The average molecular weight is 438 g/mol. The molecule has 0 spiro atoms. The molecule has 0 radical (unpaired) electrons. The second-order valence-corrected chi connectivity index (χ2v) is 7.81. The summed E-state index contributed by atoms with van der Waals surface area (Å²) < 4.78 is 15.7. The number of aromatic nitrogens is 4. The number of amides is 2. The maximum absolute atomic E-state index is 14.3. The van der Waals surface area contributed by atoms with Gasteiger partial charge in [-0.05, 0) is 44.0 Å². The summed E-state index contributed by atoms with van der Waals surface area (Å²) in [6.07, 6.45) is 6.10. The molecule has 1 aliphatic carbocycles. The van der Waals surface area contributed by atoms with Gasteiger partial charge >= 0.3 is 0 Å². The average Bonchev–Trinajstić information content (AvgIpc) is 3.18. The summed E-state index contributed by atoms with van der Waals surface area (Å²) in [4.78, 5) is 36.4. The fourth-order valence-electron chi connectivity index (χ4n) is 3.82. The molecular formula is C22H23FN6O3. The van der Waals surface area contributed by atoms with E-state index in [0.29, 0.717) is 17.2 Å². The van der Waals surface area contributed by atoms with E-state index in [-0.39, 0.29) is 28.6 Å². The third kappa shape index (κ3) is 4.58. The highest BCUT2D eigenvalue weighted by Crippen LogP contribution is 2.27. The van der Waals surface area contributed by atoms with Crippen molar-refractivity contribution < 1.29 is 14.0 Å². The first-order valence-corrected chi connectivity index (χ1v) is 10.4. The Bertz CT molecular complexity index is 1190. The minimum Gasteiger partial charge on any atom is -0.323 e. The van der Waals surface area contributed by atoms with Crippen LogP contribution in [0.5, 0.6) is 0 Å². The van der Waals surface area contributed by atoms with Gasteiger partial charge in [-0.2, -0.15) is 10.2 Å². The van der Waals surface area contributed by atoms with E-state index in [4.69, 9.17) is 0 Å². The van der Waals surface area contributed by atoms with Gasteiger partial charge in [0.25, 0.3) is 11.5 Å². The topological polar surface area (TPSA) is 122 Å². The molecule has 0 atom stereocenters.